The molecule has 0 spiro atoms. The van der Waals surface area contributed by atoms with E-state index in [9.17, 15) is 14.0 Å². The van der Waals surface area contributed by atoms with Crippen molar-refractivity contribution in [2.75, 3.05) is 13.1 Å². The lowest BCUT2D eigenvalue weighted by Crippen LogP contribution is -2.56. The van der Waals surface area contributed by atoms with E-state index in [0.29, 0.717) is 24.9 Å². The Kier molecular flexibility index (Phi) is 4.58. The van der Waals surface area contributed by atoms with Crippen molar-refractivity contribution in [2.24, 2.45) is 0 Å². The second-order valence-electron chi connectivity index (χ2n) is 6.81. The molecular weight excluding hydrogens is 311 g/mol. The molecule has 1 amide bonds. The third kappa shape index (κ3) is 3.15. The Hall–Kier alpha value is -1.95. The molecule has 1 aromatic rings. The first kappa shape index (κ1) is 16.9. The van der Waals surface area contributed by atoms with Gasteiger partial charge >= 0.3 is 5.97 Å². The van der Waals surface area contributed by atoms with Gasteiger partial charge in [-0.25, -0.2) is 4.39 Å². The lowest BCUT2D eigenvalue weighted by Gasteiger charge is -2.42. The highest BCUT2D eigenvalue weighted by Gasteiger charge is 2.53. The molecule has 2 N–H and O–H groups in total. The van der Waals surface area contributed by atoms with Gasteiger partial charge in [0.25, 0.3) is 0 Å². The Bertz CT molecular complexity index is 639. The van der Waals surface area contributed by atoms with E-state index in [-0.39, 0.29) is 30.4 Å². The molecule has 0 aliphatic heterocycles. The molecule has 130 valence electrons. The number of carboxylic acid groups (broad SMARTS) is 1. The molecule has 6 heteroatoms. The number of carbonyl (C=O) groups excluding carboxylic acids is 1. The predicted octanol–water partition coefficient (Wildman–Crippen LogP) is 1.91. The Morgan fingerprint density at radius 2 is 2.00 bits per heavy atom. The van der Waals surface area contributed by atoms with Crippen molar-refractivity contribution in [1.82, 2.24) is 10.2 Å². The molecule has 5 nitrogen and oxygen atoms in total. The molecule has 0 radical (unpaired) electrons. The number of carbonyl (C=O) groups is 2. The van der Waals surface area contributed by atoms with Crippen LogP contribution >= 0.6 is 0 Å². The Balaban J connectivity index is 1.56. The number of amides is 1. The zero-order chi connectivity index (χ0) is 17.3. The molecule has 0 bridgehead atoms. The summed E-state index contributed by atoms with van der Waals surface area (Å²) in [6, 6.07) is 6.72. The van der Waals surface area contributed by atoms with Crippen LogP contribution in [0.1, 0.15) is 38.2 Å². The standard InChI is InChI=1S/C18H23FN2O3/c1-2-21(11-16(22)23)13-9-12(10-13)20-17(24)18(7-8-18)14-5-3-4-6-15(14)19/h3-6,12-13H,2,7-11H2,1H3,(H,20,24)(H,22,23). The maximum atomic E-state index is 14.0. The molecule has 0 heterocycles. The number of halogens is 1. The van der Waals surface area contributed by atoms with E-state index in [1.807, 2.05) is 11.8 Å². The van der Waals surface area contributed by atoms with Gasteiger partial charge in [0.2, 0.25) is 5.91 Å². The average Bonchev–Trinajstić information content (AvgIpc) is 3.30. The Morgan fingerprint density at radius 3 is 2.54 bits per heavy atom. The Morgan fingerprint density at radius 1 is 1.33 bits per heavy atom. The third-order valence-electron chi connectivity index (χ3n) is 5.28. The minimum absolute atomic E-state index is 0.0288. The molecular formula is C18H23FN2O3. The first-order chi connectivity index (χ1) is 11.5. The minimum atomic E-state index is -0.833. The zero-order valence-corrected chi connectivity index (χ0v) is 13.8. The third-order valence-corrected chi connectivity index (χ3v) is 5.28. The molecule has 0 saturated heterocycles. The largest absolute Gasteiger partial charge is 0.480 e. The summed E-state index contributed by atoms with van der Waals surface area (Å²) in [5, 5.41) is 11.9. The number of nitrogens with one attached hydrogen (secondary N) is 1. The van der Waals surface area contributed by atoms with Crippen LogP contribution in [0.2, 0.25) is 0 Å². The fourth-order valence-electron chi connectivity index (χ4n) is 3.59. The van der Waals surface area contributed by atoms with Gasteiger partial charge in [-0.3, -0.25) is 14.5 Å². The zero-order valence-electron chi connectivity index (χ0n) is 13.8. The second-order valence-corrected chi connectivity index (χ2v) is 6.81. The van der Waals surface area contributed by atoms with Crippen LogP contribution in [0.5, 0.6) is 0 Å². The van der Waals surface area contributed by atoms with Crippen molar-refractivity contribution < 1.29 is 19.1 Å². The van der Waals surface area contributed by atoms with Crippen LogP contribution in [-0.4, -0.2) is 47.1 Å². The molecule has 0 unspecified atom stereocenters. The monoisotopic (exact) mass is 334 g/mol. The summed E-state index contributed by atoms with van der Waals surface area (Å²) in [5.74, 6) is -1.26. The summed E-state index contributed by atoms with van der Waals surface area (Å²) in [6.45, 7) is 2.64. The molecule has 1 aromatic carbocycles. The number of hydrogen-bond acceptors (Lipinski definition) is 3. The molecule has 24 heavy (non-hydrogen) atoms. The summed E-state index contributed by atoms with van der Waals surface area (Å²) < 4.78 is 14.0. The maximum Gasteiger partial charge on any atom is 0.317 e. The number of rotatable bonds is 7. The highest BCUT2D eigenvalue weighted by molar-refractivity contribution is 5.91. The highest BCUT2D eigenvalue weighted by atomic mass is 19.1. The van der Waals surface area contributed by atoms with E-state index >= 15 is 0 Å². The lowest BCUT2D eigenvalue weighted by molar-refractivity contribution is -0.140. The van der Waals surface area contributed by atoms with Crippen LogP contribution in [0.4, 0.5) is 4.39 Å². The summed E-state index contributed by atoms with van der Waals surface area (Å²) in [6.07, 6.45) is 2.85. The van der Waals surface area contributed by atoms with Crippen LogP contribution < -0.4 is 5.32 Å². The number of likely N-dealkylation sites (N-methyl/N-ethyl adjacent to an activating group) is 1. The van der Waals surface area contributed by atoms with Crippen LogP contribution in [0.3, 0.4) is 0 Å². The van der Waals surface area contributed by atoms with Crippen LogP contribution in [0, 0.1) is 5.82 Å². The molecule has 2 fully saturated rings. The van der Waals surface area contributed by atoms with E-state index in [1.54, 1.807) is 18.2 Å². The fourth-order valence-corrected chi connectivity index (χ4v) is 3.59. The molecule has 3 rings (SSSR count). The summed E-state index contributed by atoms with van der Waals surface area (Å²) in [7, 11) is 0. The quantitative estimate of drug-likeness (QED) is 0.799. The predicted molar refractivity (Wildman–Crippen MR) is 87.1 cm³/mol. The van der Waals surface area contributed by atoms with Gasteiger partial charge in [0, 0.05) is 17.6 Å². The van der Waals surface area contributed by atoms with Crippen molar-refractivity contribution in [3.05, 3.63) is 35.6 Å². The summed E-state index contributed by atoms with van der Waals surface area (Å²) in [5.41, 5.74) is -0.221. The number of hydrogen-bond donors (Lipinski definition) is 2. The van der Waals surface area contributed by atoms with Gasteiger partial charge in [-0.15, -0.1) is 0 Å². The first-order valence-electron chi connectivity index (χ1n) is 8.48. The van der Waals surface area contributed by atoms with Crippen molar-refractivity contribution in [3.8, 4) is 0 Å². The average molecular weight is 334 g/mol. The minimum Gasteiger partial charge on any atom is -0.480 e. The number of aliphatic carboxylic acids is 1. The second kappa shape index (κ2) is 6.51. The summed E-state index contributed by atoms with van der Waals surface area (Å²) in [4.78, 5) is 25.4. The first-order valence-corrected chi connectivity index (χ1v) is 8.48. The van der Waals surface area contributed by atoms with E-state index in [0.717, 1.165) is 12.8 Å². The van der Waals surface area contributed by atoms with Gasteiger partial charge in [0.1, 0.15) is 5.82 Å². The van der Waals surface area contributed by atoms with E-state index in [4.69, 9.17) is 5.11 Å². The van der Waals surface area contributed by atoms with E-state index in [1.165, 1.54) is 6.07 Å². The van der Waals surface area contributed by atoms with Crippen LogP contribution in [0.15, 0.2) is 24.3 Å². The van der Waals surface area contributed by atoms with Gasteiger partial charge < -0.3 is 10.4 Å². The van der Waals surface area contributed by atoms with Crippen molar-refractivity contribution in [2.45, 2.75) is 50.1 Å². The topological polar surface area (TPSA) is 69.6 Å². The normalized spacial score (nSPS) is 24.3. The molecule has 2 aliphatic rings. The molecule has 0 aromatic heterocycles. The van der Waals surface area contributed by atoms with Gasteiger partial charge in [-0.05, 0) is 38.3 Å². The van der Waals surface area contributed by atoms with Gasteiger partial charge in [-0.2, -0.15) is 0 Å². The SMILES string of the molecule is CCN(CC(=O)O)C1CC(NC(=O)C2(c3ccccc3F)CC2)C1. The number of nitrogens with zero attached hydrogens (tertiary/aromatic N) is 1. The maximum absolute atomic E-state index is 14.0. The lowest BCUT2D eigenvalue weighted by atomic mass is 9.84. The number of carboxylic acids is 1. The highest BCUT2D eigenvalue weighted by Crippen LogP contribution is 2.49. The van der Waals surface area contributed by atoms with Crippen molar-refractivity contribution >= 4 is 11.9 Å². The van der Waals surface area contributed by atoms with Gasteiger partial charge in [0.15, 0.2) is 0 Å². The molecule has 2 saturated carbocycles. The van der Waals surface area contributed by atoms with E-state index in [2.05, 4.69) is 5.32 Å². The van der Waals surface area contributed by atoms with E-state index < -0.39 is 11.4 Å². The smallest absolute Gasteiger partial charge is 0.317 e. The number of benzene rings is 1. The summed E-state index contributed by atoms with van der Waals surface area (Å²) >= 11 is 0. The van der Waals surface area contributed by atoms with Crippen molar-refractivity contribution in [1.29, 1.82) is 0 Å². The Labute approximate surface area is 140 Å². The molecule has 2 aliphatic carbocycles. The molecule has 0 atom stereocenters. The fraction of sp³-hybridized carbons (Fsp3) is 0.556. The van der Waals surface area contributed by atoms with Gasteiger partial charge in [-0.1, -0.05) is 25.1 Å². The van der Waals surface area contributed by atoms with Crippen LogP contribution in [-0.2, 0) is 15.0 Å². The van der Waals surface area contributed by atoms with Gasteiger partial charge in [0.05, 0.1) is 12.0 Å². The van der Waals surface area contributed by atoms with Crippen LogP contribution in [0.25, 0.3) is 0 Å². The van der Waals surface area contributed by atoms with Crippen molar-refractivity contribution in [3.63, 3.8) is 0 Å².